The molecule has 1 aliphatic carbocycles. The molecular formula is C28H27F3O3. The summed E-state index contributed by atoms with van der Waals surface area (Å²) in [5, 5.41) is 9.08. The van der Waals surface area contributed by atoms with Crippen LogP contribution in [-0.4, -0.2) is 17.7 Å². The minimum atomic E-state index is -4.34. The van der Waals surface area contributed by atoms with Crippen LogP contribution in [0.2, 0.25) is 0 Å². The maximum Gasteiger partial charge on any atom is 0.416 e. The number of alkyl halides is 3. The average Bonchev–Trinajstić information content (AvgIpc) is 2.85. The molecule has 1 aliphatic rings. The smallest absolute Gasteiger partial charge is 0.416 e. The SMILES string of the molecule is O=C(O)c1ccc(OCC(c2ccc(-c3ccc(C(F)(F)F)cc3)cc2)C2CCCCC2)cc1. The molecule has 0 aliphatic heterocycles. The first-order chi connectivity index (χ1) is 16.3. The van der Waals surface area contributed by atoms with E-state index < -0.39 is 17.7 Å². The third-order valence-electron chi connectivity index (χ3n) is 6.63. The number of carbonyl (C=O) groups is 1. The zero-order valence-electron chi connectivity index (χ0n) is 18.7. The Morgan fingerprint density at radius 3 is 1.94 bits per heavy atom. The van der Waals surface area contributed by atoms with Gasteiger partial charge >= 0.3 is 12.1 Å². The highest BCUT2D eigenvalue weighted by Gasteiger charge is 2.30. The second kappa shape index (κ2) is 10.3. The second-order valence-electron chi connectivity index (χ2n) is 8.84. The van der Waals surface area contributed by atoms with Gasteiger partial charge in [-0.2, -0.15) is 13.2 Å². The first kappa shape index (κ1) is 23.9. The van der Waals surface area contributed by atoms with Crippen LogP contribution in [0.5, 0.6) is 5.75 Å². The Kier molecular flexibility index (Phi) is 7.25. The maximum atomic E-state index is 12.9. The summed E-state index contributed by atoms with van der Waals surface area (Å²) in [6, 6.07) is 19.6. The van der Waals surface area contributed by atoms with E-state index in [1.165, 1.54) is 43.5 Å². The van der Waals surface area contributed by atoms with Crippen molar-refractivity contribution in [2.75, 3.05) is 6.61 Å². The van der Waals surface area contributed by atoms with Crippen LogP contribution >= 0.6 is 0 Å². The number of hydrogen-bond acceptors (Lipinski definition) is 2. The highest BCUT2D eigenvalue weighted by atomic mass is 19.4. The van der Waals surface area contributed by atoms with Crippen molar-refractivity contribution in [2.24, 2.45) is 5.92 Å². The Morgan fingerprint density at radius 1 is 0.853 bits per heavy atom. The van der Waals surface area contributed by atoms with Gasteiger partial charge in [-0.25, -0.2) is 4.79 Å². The van der Waals surface area contributed by atoms with Gasteiger partial charge in [-0.1, -0.05) is 55.7 Å². The number of aromatic carboxylic acids is 1. The van der Waals surface area contributed by atoms with E-state index in [9.17, 15) is 18.0 Å². The minimum absolute atomic E-state index is 0.182. The molecule has 1 atom stereocenters. The van der Waals surface area contributed by atoms with Crippen molar-refractivity contribution in [2.45, 2.75) is 44.2 Å². The number of hydrogen-bond donors (Lipinski definition) is 1. The van der Waals surface area contributed by atoms with Crippen LogP contribution < -0.4 is 4.74 Å². The summed E-state index contributed by atoms with van der Waals surface area (Å²) in [5.74, 6) is 0.331. The minimum Gasteiger partial charge on any atom is -0.493 e. The van der Waals surface area contributed by atoms with Crippen LogP contribution in [0.1, 0.15) is 59.5 Å². The summed E-state index contributed by atoms with van der Waals surface area (Å²) in [6.07, 6.45) is 1.55. The van der Waals surface area contributed by atoms with E-state index in [1.807, 2.05) is 24.3 Å². The van der Waals surface area contributed by atoms with Gasteiger partial charge in [-0.05, 0) is 71.8 Å². The molecule has 3 nitrogen and oxygen atoms in total. The predicted octanol–water partition coefficient (Wildman–Crippen LogP) is 7.81. The molecule has 4 rings (SSSR count). The van der Waals surface area contributed by atoms with Gasteiger partial charge in [-0.15, -0.1) is 0 Å². The monoisotopic (exact) mass is 468 g/mol. The normalized spacial score (nSPS) is 15.6. The fourth-order valence-corrected chi connectivity index (χ4v) is 4.70. The van der Waals surface area contributed by atoms with E-state index >= 15 is 0 Å². The highest BCUT2D eigenvalue weighted by molar-refractivity contribution is 5.87. The molecule has 178 valence electrons. The molecule has 3 aromatic rings. The molecule has 0 heterocycles. The summed E-state index contributed by atoms with van der Waals surface area (Å²) in [4.78, 5) is 11.1. The first-order valence-electron chi connectivity index (χ1n) is 11.5. The molecule has 0 bridgehead atoms. The molecule has 1 N–H and O–H groups in total. The molecule has 1 saturated carbocycles. The van der Waals surface area contributed by atoms with Gasteiger partial charge in [0.1, 0.15) is 5.75 Å². The molecule has 0 amide bonds. The van der Waals surface area contributed by atoms with Crippen LogP contribution in [0, 0.1) is 5.92 Å². The zero-order chi connectivity index (χ0) is 24.1. The zero-order valence-corrected chi connectivity index (χ0v) is 18.7. The lowest BCUT2D eigenvalue weighted by Gasteiger charge is -2.31. The standard InChI is InChI=1S/C28H27F3O3/c29-28(30,31)24-14-10-20(11-15-24)19-6-8-22(9-7-19)26(21-4-2-1-3-5-21)18-34-25-16-12-23(13-17-25)27(32)33/h6-17,21,26H,1-5,18H2,(H,32,33). The van der Waals surface area contributed by atoms with E-state index in [0.717, 1.165) is 41.7 Å². The third-order valence-corrected chi connectivity index (χ3v) is 6.63. The van der Waals surface area contributed by atoms with Crippen LogP contribution in [0.15, 0.2) is 72.8 Å². The van der Waals surface area contributed by atoms with E-state index in [2.05, 4.69) is 0 Å². The predicted molar refractivity (Wildman–Crippen MR) is 125 cm³/mol. The number of rotatable bonds is 7. The highest BCUT2D eigenvalue weighted by Crippen LogP contribution is 2.37. The van der Waals surface area contributed by atoms with Crippen molar-refractivity contribution in [3.05, 3.63) is 89.5 Å². The Labute approximate surface area is 197 Å². The summed E-state index contributed by atoms with van der Waals surface area (Å²) < 4.78 is 44.6. The second-order valence-corrected chi connectivity index (χ2v) is 8.84. The lowest BCUT2D eigenvalue weighted by molar-refractivity contribution is -0.137. The molecular weight excluding hydrogens is 441 g/mol. The number of carboxylic acids is 1. The molecule has 0 saturated heterocycles. The average molecular weight is 469 g/mol. The molecule has 34 heavy (non-hydrogen) atoms. The van der Waals surface area contributed by atoms with Crippen LogP contribution in [0.4, 0.5) is 13.2 Å². The van der Waals surface area contributed by atoms with E-state index in [1.54, 1.807) is 12.1 Å². The molecule has 3 aromatic carbocycles. The summed E-state index contributed by atoms with van der Waals surface area (Å²) >= 11 is 0. The van der Waals surface area contributed by atoms with Gasteiger partial charge in [0.2, 0.25) is 0 Å². The van der Waals surface area contributed by atoms with Crippen molar-refractivity contribution in [3.63, 3.8) is 0 Å². The molecule has 1 fully saturated rings. The van der Waals surface area contributed by atoms with E-state index in [4.69, 9.17) is 9.84 Å². The topological polar surface area (TPSA) is 46.5 Å². The molecule has 0 spiro atoms. The summed E-state index contributed by atoms with van der Waals surface area (Å²) in [7, 11) is 0. The largest absolute Gasteiger partial charge is 0.493 e. The van der Waals surface area contributed by atoms with Gasteiger partial charge in [0.15, 0.2) is 0 Å². The Bertz CT molecular complexity index is 1080. The number of ether oxygens (including phenoxy) is 1. The Morgan fingerprint density at radius 2 is 1.41 bits per heavy atom. The molecule has 0 aromatic heterocycles. The van der Waals surface area contributed by atoms with Crippen LogP contribution in [-0.2, 0) is 6.18 Å². The molecule has 1 unspecified atom stereocenters. The van der Waals surface area contributed by atoms with Crippen molar-refractivity contribution in [1.29, 1.82) is 0 Å². The van der Waals surface area contributed by atoms with Crippen molar-refractivity contribution in [3.8, 4) is 16.9 Å². The lowest BCUT2D eigenvalue weighted by atomic mass is 9.77. The van der Waals surface area contributed by atoms with Crippen LogP contribution in [0.3, 0.4) is 0 Å². The first-order valence-corrected chi connectivity index (χ1v) is 11.5. The molecule has 0 radical (unpaired) electrons. The molecule has 6 heteroatoms. The Hall–Kier alpha value is -3.28. The lowest BCUT2D eigenvalue weighted by Crippen LogP contribution is -2.22. The van der Waals surface area contributed by atoms with E-state index in [-0.39, 0.29) is 11.5 Å². The quantitative estimate of drug-likeness (QED) is 0.385. The summed E-state index contributed by atoms with van der Waals surface area (Å²) in [6.45, 7) is 0.483. The van der Waals surface area contributed by atoms with Gasteiger partial charge in [-0.3, -0.25) is 0 Å². The fraction of sp³-hybridized carbons (Fsp3) is 0.321. The van der Waals surface area contributed by atoms with Gasteiger partial charge in [0.25, 0.3) is 0 Å². The van der Waals surface area contributed by atoms with Crippen molar-refractivity contribution >= 4 is 5.97 Å². The summed E-state index contributed by atoms with van der Waals surface area (Å²) in [5.41, 5.74) is 2.31. The van der Waals surface area contributed by atoms with E-state index in [0.29, 0.717) is 18.3 Å². The van der Waals surface area contributed by atoms with Crippen LogP contribution in [0.25, 0.3) is 11.1 Å². The number of carboxylic acid groups (broad SMARTS) is 1. The third kappa shape index (κ3) is 5.79. The fourth-order valence-electron chi connectivity index (χ4n) is 4.70. The number of benzene rings is 3. The van der Waals surface area contributed by atoms with Crippen molar-refractivity contribution in [1.82, 2.24) is 0 Å². The Balaban J connectivity index is 1.51. The number of halogens is 3. The van der Waals surface area contributed by atoms with Crippen molar-refractivity contribution < 1.29 is 27.8 Å². The van der Waals surface area contributed by atoms with Gasteiger partial charge in [0.05, 0.1) is 17.7 Å². The van der Waals surface area contributed by atoms with Gasteiger partial charge in [0, 0.05) is 5.92 Å². The maximum absolute atomic E-state index is 12.9. The van der Waals surface area contributed by atoms with Gasteiger partial charge < -0.3 is 9.84 Å².